The van der Waals surface area contributed by atoms with Gasteiger partial charge in [-0.1, -0.05) is 6.92 Å². The van der Waals surface area contributed by atoms with Crippen LogP contribution in [0.25, 0.3) is 0 Å². The van der Waals surface area contributed by atoms with E-state index in [0.717, 1.165) is 18.3 Å². The van der Waals surface area contributed by atoms with Crippen LogP contribution in [0.1, 0.15) is 78.1 Å². The molecule has 0 amide bonds. The van der Waals surface area contributed by atoms with Gasteiger partial charge in [-0.3, -0.25) is 0 Å². The van der Waals surface area contributed by atoms with Gasteiger partial charge in [0.15, 0.2) is 25.2 Å². The van der Waals surface area contributed by atoms with Crippen molar-refractivity contribution in [1.82, 2.24) is 0 Å². The van der Waals surface area contributed by atoms with Crippen LogP contribution >= 0.6 is 0 Å². The topological polar surface area (TPSA) is 290 Å². The summed E-state index contributed by atoms with van der Waals surface area (Å²) < 4.78 is 46.3. The van der Waals surface area contributed by atoms with Gasteiger partial charge in [-0.25, -0.2) is 4.79 Å². The molecule has 0 aromatic rings. The first-order chi connectivity index (χ1) is 28.4. The molecule has 60 heavy (non-hydrogen) atoms. The van der Waals surface area contributed by atoms with Crippen LogP contribution in [0.5, 0.6) is 0 Å². The SMILES string of the molecule is COC1C[C@H](O[C@H]2CC[C@]3(C=O)C4CC[C@]5(C)[C@@H](C6=CC(=O)OC6)CC[C@]5(O)[C@@H]4CC[C@]3(O)C2)O[C@H](C)C1O[C@H]1O[C@@H](CO)C(O[C@@H]2O[C@H](O)C(O)[C@H](O)C2O)[C@@H](O)C1O. The highest BCUT2D eigenvalue weighted by molar-refractivity contribution is 5.85. The summed E-state index contributed by atoms with van der Waals surface area (Å²) in [6.07, 6.45) is -13.6. The maximum atomic E-state index is 13.3. The number of fused-ring (bicyclic) bond motifs is 5. The molecule has 9 N–H and O–H groups in total. The second-order valence-corrected chi connectivity index (χ2v) is 18.8. The Bertz CT molecular complexity index is 1610. The number of ether oxygens (including phenoxy) is 8. The van der Waals surface area contributed by atoms with E-state index in [2.05, 4.69) is 6.92 Å². The second-order valence-electron chi connectivity index (χ2n) is 18.8. The summed E-state index contributed by atoms with van der Waals surface area (Å²) in [6, 6.07) is 0. The van der Waals surface area contributed by atoms with E-state index in [1.54, 1.807) is 13.0 Å². The van der Waals surface area contributed by atoms with Crippen molar-refractivity contribution in [3.05, 3.63) is 11.6 Å². The molecule has 8 aliphatic rings. The van der Waals surface area contributed by atoms with Crippen molar-refractivity contribution >= 4 is 12.3 Å². The molecule has 19 heteroatoms. The second kappa shape index (κ2) is 16.7. The minimum Gasteiger partial charge on any atom is -0.458 e. The molecule has 340 valence electrons. The lowest BCUT2D eigenvalue weighted by atomic mass is 9.41. The van der Waals surface area contributed by atoms with Crippen molar-refractivity contribution in [3.63, 3.8) is 0 Å². The molecule has 0 spiro atoms. The zero-order valence-corrected chi connectivity index (χ0v) is 34.1. The van der Waals surface area contributed by atoms with Gasteiger partial charge >= 0.3 is 5.97 Å². The first-order valence-corrected chi connectivity index (χ1v) is 21.4. The number of cyclic esters (lactones) is 1. The number of carbonyl (C=O) groups is 2. The van der Waals surface area contributed by atoms with Crippen LogP contribution in [0.2, 0.25) is 0 Å². The molecule has 22 atom stereocenters. The smallest absolute Gasteiger partial charge is 0.331 e. The third kappa shape index (κ3) is 7.12. The summed E-state index contributed by atoms with van der Waals surface area (Å²) in [6.45, 7) is 3.31. The Labute approximate surface area is 347 Å². The Morgan fingerprint density at radius 1 is 0.817 bits per heavy atom. The van der Waals surface area contributed by atoms with Gasteiger partial charge in [0, 0.05) is 31.4 Å². The van der Waals surface area contributed by atoms with Crippen LogP contribution in [0, 0.1) is 28.6 Å². The highest BCUT2D eigenvalue weighted by Gasteiger charge is 2.71. The fraction of sp³-hybridized carbons (Fsp3) is 0.902. The number of hydrogen-bond acceptors (Lipinski definition) is 19. The number of carbonyl (C=O) groups excluding carboxylic acids is 2. The minimum atomic E-state index is -1.93. The first-order valence-electron chi connectivity index (χ1n) is 21.4. The predicted octanol–water partition coefficient (Wildman–Crippen LogP) is -1.96. The molecular formula is C41H62O19. The summed E-state index contributed by atoms with van der Waals surface area (Å²) in [7, 11) is 1.46. The molecule has 4 aliphatic carbocycles. The van der Waals surface area contributed by atoms with E-state index >= 15 is 0 Å². The maximum Gasteiger partial charge on any atom is 0.331 e. The molecule has 4 heterocycles. The lowest BCUT2D eigenvalue weighted by Crippen LogP contribution is -2.69. The summed E-state index contributed by atoms with van der Waals surface area (Å²) in [4.78, 5) is 25.3. The van der Waals surface area contributed by atoms with Gasteiger partial charge in [0.25, 0.3) is 0 Å². The van der Waals surface area contributed by atoms with E-state index in [1.807, 2.05) is 0 Å². The average Bonchev–Trinajstić information content (AvgIpc) is 3.77. The maximum absolute atomic E-state index is 13.3. The minimum absolute atomic E-state index is 0.00451. The summed E-state index contributed by atoms with van der Waals surface area (Å²) in [5, 5.41) is 97.4. The van der Waals surface area contributed by atoms with Gasteiger partial charge in [0.05, 0.1) is 41.5 Å². The Morgan fingerprint density at radius 3 is 2.20 bits per heavy atom. The molecule has 7 unspecified atom stereocenters. The van der Waals surface area contributed by atoms with Gasteiger partial charge < -0.3 is 88.6 Å². The molecule has 4 aliphatic heterocycles. The molecule has 0 aromatic carbocycles. The lowest BCUT2D eigenvalue weighted by molar-refractivity contribution is -0.386. The lowest BCUT2D eigenvalue weighted by Gasteiger charge is -2.65. The monoisotopic (exact) mass is 858 g/mol. The van der Waals surface area contributed by atoms with E-state index in [1.165, 1.54) is 7.11 Å². The van der Waals surface area contributed by atoms with Gasteiger partial charge in [-0.15, -0.1) is 0 Å². The van der Waals surface area contributed by atoms with Crippen LogP contribution in [0.4, 0.5) is 0 Å². The van der Waals surface area contributed by atoms with Crippen LogP contribution in [-0.4, -0.2) is 182 Å². The van der Waals surface area contributed by atoms with Crippen LogP contribution in [0.3, 0.4) is 0 Å². The fourth-order valence-corrected chi connectivity index (χ4v) is 12.7. The highest BCUT2D eigenvalue weighted by Crippen LogP contribution is 2.70. The first kappa shape index (κ1) is 44.8. The average molecular weight is 859 g/mol. The van der Waals surface area contributed by atoms with E-state index in [4.69, 9.17) is 37.9 Å². The number of esters is 1. The normalized spacial score (nSPS) is 54.3. The molecule has 8 rings (SSSR count). The fourth-order valence-electron chi connectivity index (χ4n) is 12.7. The van der Waals surface area contributed by atoms with Crippen molar-refractivity contribution in [2.75, 3.05) is 20.3 Å². The number of methoxy groups -OCH3 is 1. The van der Waals surface area contributed by atoms with Crippen LogP contribution in [0.15, 0.2) is 11.6 Å². The third-order valence-corrected chi connectivity index (χ3v) is 16.0. The molecule has 0 bridgehead atoms. The molecule has 19 nitrogen and oxygen atoms in total. The third-order valence-electron chi connectivity index (χ3n) is 16.0. The zero-order chi connectivity index (χ0) is 43.1. The number of aliphatic hydroxyl groups excluding tert-OH is 7. The van der Waals surface area contributed by atoms with E-state index in [0.29, 0.717) is 44.9 Å². The molecule has 0 aromatic heterocycles. The number of aldehydes is 1. The van der Waals surface area contributed by atoms with E-state index < -0.39 is 121 Å². The van der Waals surface area contributed by atoms with Crippen molar-refractivity contribution in [3.8, 4) is 0 Å². The van der Waals surface area contributed by atoms with E-state index in [9.17, 15) is 55.5 Å². The van der Waals surface area contributed by atoms with Crippen molar-refractivity contribution < 1.29 is 93.4 Å². The molecule has 4 saturated carbocycles. The Kier molecular flexibility index (Phi) is 12.4. The molecule has 3 saturated heterocycles. The highest BCUT2D eigenvalue weighted by atomic mass is 16.8. The summed E-state index contributed by atoms with van der Waals surface area (Å²) in [5.41, 5.74) is -3.06. The van der Waals surface area contributed by atoms with Crippen LogP contribution < -0.4 is 0 Å². The van der Waals surface area contributed by atoms with Gasteiger partial charge in [-0.05, 0) is 81.6 Å². The van der Waals surface area contributed by atoms with Crippen molar-refractivity contribution in [2.45, 2.75) is 182 Å². The number of rotatable bonds is 10. The largest absolute Gasteiger partial charge is 0.458 e. The van der Waals surface area contributed by atoms with Gasteiger partial charge in [0.1, 0.15) is 61.7 Å². The Morgan fingerprint density at radius 2 is 1.52 bits per heavy atom. The number of aliphatic hydroxyl groups is 9. The van der Waals surface area contributed by atoms with Crippen molar-refractivity contribution in [2.24, 2.45) is 28.6 Å². The summed E-state index contributed by atoms with van der Waals surface area (Å²) in [5.74, 6) is -0.769. The summed E-state index contributed by atoms with van der Waals surface area (Å²) >= 11 is 0. The Balaban J connectivity index is 0.891. The zero-order valence-electron chi connectivity index (χ0n) is 34.1. The standard InChI is InChI=1S/C41H62O19/c1-18-33(58-36-32(49)29(46)34(25(15-42)57-36)59-37-31(48)28(45)30(47)35(50)60-37)24(53-3)13-27(55-18)56-20-4-9-39(17-43)22-5-8-38(2)21(19-12-26(44)54-16-19)7-11-41(38,52)23(22)6-10-40(39,51)14-20/h12,17-18,20-25,27-37,42,45-52H,4-11,13-16H2,1-3H3/t18-,20+,21-,22?,23-,24?,25+,27+,28+,29+,30?,31?,32?,33?,34?,35+,36-,37-,38-,39+,40+,41+/m1/s1. The van der Waals surface area contributed by atoms with E-state index in [-0.39, 0.29) is 43.2 Å². The van der Waals surface area contributed by atoms with Gasteiger partial charge in [0.2, 0.25) is 0 Å². The number of hydrogen-bond donors (Lipinski definition) is 9. The molecular weight excluding hydrogens is 796 g/mol. The quantitative estimate of drug-likeness (QED) is 0.0655. The van der Waals surface area contributed by atoms with Crippen LogP contribution in [-0.2, 0) is 47.5 Å². The Hall–Kier alpha value is -1.76. The van der Waals surface area contributed by atoms with Gasteiger partial charge in [-0.2, -0.15) is 0 Å². The van der Waals surface area contributed by atoms with Crippen molar-refractivity contribution in [1.29, 1.82) is 0 Å². The molecule has 7 fully saturated rings. The molecule has 0 radical (unpaired) electrons. The predicted molar refractivity (Wildman–Crippen MR) is 199 cm³/mol.